The van der Waals surface area contributed by atoms with E-state index in [1.807, 2.05) is 11.8 Å². The molecule has 0 radical (unpaired) electrons. The fraction of sp³-hybridized carbons (Fsp3) is 0.300. The van der Waals surface area contributed by atoms with Gasteiger partial charge in [0.25, 0.3) is 5.91 Å². The maximum Gasteiger partial charge on any atom is 0.253 e. The SMILES string of the molecule is CC(C(=O)Nc1cccc(F)c1)N1CCN(C(=O)c2cccc(Cl)c2)CC1. The molecule has 0 aromatic heterocycles. The highest BCUT2D eigenvalue weighted by Gasteiger charge is 2.28. The molecule has 7 heteroatoms. The molecule has 0 saturated carbocycles. The molecule has 1 aliphatic rings. The van der Waals surface area contributed by atoms with Crippen LogP contribution in [0.25, 0.3) is 0 Å². The van der Waals surface area contributed by atoms with Crippen molar-refractivity contribution in [3.05, 3.63) is 64.9 Å². The van der Waals surface area contributed by atoms with Crippen LogP contribution < -0.4 is 5.32 Å². The first kappa shape index (κ1) is 19.3. The van der Waals surface area contributed by atoms with Crippen molar-refractivity contribution >= 4 is 29.1 Å². The molecule has 1 atom stereocenters. The van der Waals surface area contributed by atoms with E-state index in [0.717, 1.165) is 0 Å². The van der Waals surface area contributed by atoms with Gasteiger partial charge in [0.15, 0.2) is 0 Å². The number of hydrogen-bond donors (Lipinski definition) is 1. The molecule has 2 aromatic carbocycles. The third kappa shape index (κ3) is 4.84. The molecule has 3 rings (SSSR count). The van der Waals surface area contributed by atoms with Crippen molar-refractivity contribution in [3.8, 4) is 0 Å². The summed E-state index contributed by atoms with van der Waals surface area (Å²) in [5, 5.41) is 3.26. The fourth-order valence-electron chi connectivity index (χ4n) is 3.10. The van der Waals surface area contributed by atoms with Crippen LogP contribution in [0.2, 0.25) is 5.02 Å². The number of anilines is 1. The third-order valence-corrected chi connectivity index (χ3v) is 4.93. The molecule has 142 valence electrons. The smallest absolute Gasteiger partial charge is 0.253 e. The Balaban J connectivity index is 1.55. The van der Waals surface area contributed by atoms with E-state index in [-0.39, 0.29) is 17.9 Å². The fourth-order valence-corrected chi connectivity index (χ4v) is 3.29. The van der Waals surface area contributed by atoms with Gasteiger partial charge in [-0.2, -0.15) is 0 Å². The molecular weight excluding hydrogens is 369 g/mol. The standard InChI is InChI=1S/C20H21ClFN3O2/c1-14(19(26)23-18-7-3-6-17(22)13-18)24-8-10-25(11-9-24)20(27)15-4-2-5-16(21)12-15/h2-7,12-14H,8-11H2,1H3,(H,23,26). The molecule has 0 aliphatic carbocycles. The molecule has 2 aromatic rings. The summed E-state index contributed by atoms with van der Waals surface area (Å²) in [6, 6.07) is 12.3. The molecular formula is C20H21ClFN3O2. The van der Waals surface area contributed by atoms with Gasteiger partial charge in [-0.1, -0.05) is 23.7 Å². The summed E-state index contributed by atoms with van der Waals surface area (Å²) >= 11 is 5.96. The molecule has 1 N–H and O–H groups in total. The van der Waals surface area contributed by atoms with Crippen molar-refractivity contribution in [2.75, 3.05) is 31.5 Å². The summed E-state index contributed by atoms with van der Waals surface area (Å²) in [6.07, 6.45) is 0. The van der Waals surface area contributed by atoms with Gasteiger partial charge in [-0.15, -0.1) is 0 Å². The number of carbonyl (C=O) groups excluding carboxylic acids is 2. The van der Waals surface area contributed by atoms with E-state index >= 15 is 0 Å². The zero-order valence-corrected chi connectivity index (χ0v) is 15.7. The largest absolute Gasteiger partial charge is 0.336 e. The van der Waals surface area contributed by atoms with Crippen molar-refractivity contribution in [1.82, 2.24) is 9.80 Å². The minimum Gasteiger partial charge on any atom is -0.336 e. The van der Waals surface area contributed by atoms with E-state index in [0.29, 0.717) is 42.5 Å². The Labute approximate surface area is 162 Å². The number of amides is 2. The van der Waals surface area contributed by atoms with Gasteiger partial charge in [-0.3, -0.25) is 14.5 Å². The predicted molar refractivity (Wildman–Crippen MR) is 103 cm³/mol. The van der Waals surface area contributed by atoms with Crippen molar-refractivity contribution in [2.45, 2.75) is 13.0 Å². The highest BCUT2D eigenvalue weighted by Crippen LogP contribution is 2.16. The second kappa shape index (κ2) is 8.50. The Morgan fingerprint density at radius 3 is 2.44 bits per heavy atom. The molecule has 0 spiro atoms. The summed E-state index contributed by atoms with van der Waals surface area (Å²) in [5.41, 5.74) is 0.995. The molecule has 1 saturated heterocycles. The highest BCUT2D eigenvalue weighted by molar-refractivity contribution is 6.30. The summed E-state index contributed by atoms with van der Waals surface area (Å²) in [7, 11) is 0. The van der Waals surface area contributed by atoms with E-state index in [2.05, 4.69) is 5.32 Å². The first-order valence-corrected chi connectivity index (χ1v) is 9.17. The summed E-state index contributed by atoms with van der Waals surface area (Å²) in [4.78, 5) is 28.8. The minimum atomic E-state index is -0.395. The van der Waals surface area contributed by atoms with E-state index in [9.17, 15) is 14.0 Å². The average Bonchev–Trinajstić information content (AvgIpc) is 2.67. The van der Waals surface area contributed by atoms with Crippen LogP contribution in [-0.2, 0) is 4.79 Å². The number of nitrogens with one attached hydrogen (secondary N) is 1. The molecule has 2 amide bonds. The lowest BCUT2D eigenvalue weighted by molar-refractivity contribution is -0.121. The molecule has 1 aliphatic heterocycles. The molecule has 1 fully saturated rings. The van der Waals surface area contributed by atoms with E-state index in [4.69, 9.17) is 11.6 Å². The quantitative estimate of drug-likeness (QED) is 0.873. The molecule has 0 bridgehead atoms. The first-order valence-electron chi connectivity index (χ1n) is 8.79. The Bertz CT molecular complexity index is 837. The van der Waals surface area contributed by atoms with Gasteiger partial charge in [0.2, 0.25) is 5.91 Å². The van der Waals surface area contributed by atoms with Crippen LogP contribution in [-0.4, -0.2) is 53.8 Å². The second-order valence-corrected chi connectivity index (χ2v) is 6.95. The van der Waals surface area contributed by atoms with Crippen LogP contribution in [0.4, 0.5) is 10.1 Å². The summed E-state index contributed by atoms with van der Waals surface area (Å²) in [6.45, 7) is 4.04. The Hall–Kier alpha value is -2.44. The van der Waals surface area contributed by atoms with Crippen LogP contribution in [0.3, 0.4) is 0 Å². The van der Waals surface area contributed by atoms with Gasteiger partial charge >= 0.3 is 0 Å². The molecule has 5 nitrogen and oxygen atoms in total. The number of carbonyl (C=O) groups is 2. The van der Waals surface area contributed by atoms with Gasteiger partial charge in [0, 0.05) is 42.5 Å². The monoisotopic (exact) mass is 389 g/mol. The highest BCUT2D eigenvalue weighted by atomic mass is 35.5. The lowest BCUT2D eigenvalue weighted by Gasteiger charge is -2.37. The van der Waals surface area contributed by atoms with Gasteiger partial charge < -0.3 is 10.2 Å². The number of rotatable bonds is 4. The van der Waals surface area contributed by atoms with E-state index in [1.54, 1.807) is 41.3 Å². The van der Waals surface area contributed by atoms with Gasteiger partial charge in [0.05, 0.1) is 6.04 Å². The van der Waals surface area contributed by atoms with Crippen molar-refractivity contribution in [3.63, 3.8) is 0 Å². The number of halogens is 2. The van der Waals surface area contributed by atoms with Crippen molar-refractivity contribution < 1.29 is 14.0 Å². The normalized spacial score (nSPS) is 16.0. The number of piperazine rings is 1. The molecule has 1 heterocycles. The Kier molecular flexibility index (Phi) is 6.08. The Morgan fingerprint density at radius 1 is 1.07 bits per heavy atom. The van der Waals surface area contributed by atoms with E-state index in [1.165, 1.54) is 12.1 Å². The maximum atomic E-state index is 13.2. The van der Waals surface area contributed by atoms with Crippen LogP contribution in [0.1, 0.15) is 17.3 Å². The van der Waals surface area contributed by atoms with Crippen molar-refractivity contribution in [2.24, 2.45) is 0 Å². The van der Waals surface area contributed by atoms with Crippen LogP contribution in [0.5, 0.6) is 0 Å². The minimum absolute atomic E-state index is 0.0611. The number of hydrogen-bond acceptors (Lipinski definition) is 3. The van der Waals surface area contributed by atoms with E-state index < -0.39 is 5.82 Å². The number of nitrogens with zero attached hydrogens (tertiary/aromatic N) is 2. The van der Waals surface area contributed by atoms with Gasteiger partial charge in [-0.05, 0) is 43.3 Å². The van der Waals surface area contributed by atoms with Crippen LogP contribution in [0.15, 0.2) is 48.5 Å². The third-order valence-electron chi connectivity index (χ3n) is 4.69. The molecule has 1 unspecified atom stereocenters. The van der Waals surface area contributed by atoms with Crippen molar-refractivity contribution in [1.29, 1.82) is 0 Å². The maximum absolute atomic E-state index is 13.2. The first-order chi connectivity index (χ1) is 12.9. The zero-order valence-electron chi connectivity index (χ0n) is 15.0. The Morgan fingerprint density at radius 2 is 1.78 bits per heavy atom. The summed E-state index contributed by atoms with van der Waals surface area (Å²) < 4.78 is 13.2. The van der Waals surface area contributed by atoms with Gasteiger partial charge in [0.1, 0.15) is 5.82 Å². The van der Waals surface area contributed by atoms with Crippen LogP contribution >= 0.6 is 11.6 Å². The lowest BCUT2D eigenvalue weighted by Crippen LogP contribution is -2.54. The predicted octanol–water partition coefficient (Wildman–Crippen LogP) is 3.26. The lowest BCUT2D eigenvalue weighted by atomic mass is 10.1. The average molecular weight is 390 g/mol. The molecule has 27 heavy (non-hydrogen) atoms. The topological polar surface area (TPSA) is 52.7 Å². The zero-order chi connectivity index (χ0) is 19.4. The van der Waals surface area contributed by atoms with Gasteiger partial charge in [-0.25, -0.2) is 4.39 Å². The second-order valence-electron chi connectivity index (χ2n) is 6.51. The van der Waals surface area contributed by atoms with Crippen LogP contribution in [0, 0.1) is 5.82 Å². The number of benzene rings is 2. The summed E-state index contributed by atoms with van der Waals surface area (Å²) in [5.74, 6) is -0.655.